The first-order chi connectivity index (χ1) is 16.8. The fourth-order valence-electron chi connectivity index (χ4n) is 5.41. The van der Waals surface area contributed by atoms with Gasteiger partial charge >= 0.3 is 0 Å². The lowest BCUT2D eigenvalue weighted by molar-refractivity contribution is 0.420. The third kappa shape index (κ3) is 2.58. The lowest BCUT2D eigenvalue weighted by Gasteiger charge is -2.13. The van der Waals surface area contributed by atoms with Crippen LogP contribution in [-0.4, -0.2) is 16.2 Å². The second-order valence-corrected chi connectivity index (χ2v) is 8.60. The zero-order valence-corrected chi connectivity index (χ0v) is 18.8. The number of ether oxygens (including phenoxy) is 1. The van der Waals surface area contributed by atoms with Crippen molar-refractivity contribution in [3.8, 4) is 17.1 Å². The SMILES string of the molecule is COc1cccc2c1c1ccccc1n2-c1cccc(-n2c3ccccc3c3ccccc32)c1. The van der Waals surface area contributed by atoms with Gasteiger partial charge < -0.3 is 13.9 Å². The van der Waals surface area contributed by atoms with E-state index in [1.165, 1.54) is 32.7 Å². The smallest absolute Gasteiger partial charge is 0.128 e. The molecule has 2 aromatic heterocycles. The second kappa shape index (κ2) is 7.26. The molecule has 0 saturated carbocycles. The van der Waals surface area contributed by atoms with Crippen molar-refractivity contribution in [1.82, 2.24) is 9.13 Å². The fourth-order valence-corrected chi connectivity index (χ4v) is 5.41. The number of fused-ring (bicyclic) bond motifs is 6. The highest BCUT2D eigenvalue weighted by atomic mass is 16.5. The Labute approximate surface area is 197 Å². The minimum absolute atomic E-state index is 0.894. The largest absolute Gasteiger partial charge is 0.496 e. The summed E-state index contributed by atoms with van der Waals surface area (Å²) in [7, 11) is 1.74. The van der Waals surface area contributed by atoms with Gasteiger partial charge in [0.15, 0.2) is 0 Å². The van der Waals surface area contributed by atoms with Crippen LogP contribution in [0.5, 0.6) is 5.75 Å². The molecule has 0 amide bonds. The topological polar surface area (TPSA) is 19.1 Å². The van der Waals surface area contributed by atoms with Gasteiger partial charge in [-0.3, -0.25) is 0 Å². The number of rotatable bonds is 3. The maximum atomic E-state index is 5.75. The van der Waals surface area contributed by atoms with Crippen molar-refractivity contribution in [3.63, 3.8) is 0 Å². The molecule has 0 aliphatic carbocycles. The summed E-state index contributed by atoms with van der Waals surface area (Å²) in [6, 6.07) is 40.9. The molecule has 5 aromatic carbocycles. The monoisotopic (exact) mass is 438 g/mol. The standard InChI is InChI=1S/C31H22N2O/c1-34-30-19-9-18-29-31(30)25-14-4-7-17-28(25)33(29)22-11-8-10-21(20-22)32-26-15-5-2-12-23(26)24-13-3-6-16-27(24)32/h2-20H,1H3. The van der Waals surface area contributed by atoms with Crippen molar-refractivity contribution in [2.45, 2.75) is 0 Å². The van der Waals surface area contributed by atoms with Crippen LogP contribution in [0.1, 0.15) is 0 Å². The normalized spacial score (nSPS) is 11.7. The third-order valence-electron chi connectivity index (χ3n) is 6.81. The molecule has 0 spiro atoms. The molecule has 0 atom stereocenters. The average Bonchev–Trinajstić information content (AvgIpc) is 3.42. The summed E-state index contributed by atoms with van der Waals surface area (Å²) in [6.07, 6.45) is 0. The quantitative estimate of drug-likeness (QED) is 0.274. The Morgan fingerprint density at radius 2 is 0.941 bits per heavy atom. The molecule has 0 aliphatic rings. The number of para-hydroxylation sites is 3. The minimum atomic E-state index is 0.894. The van der Waals surface area contributed by atoms with Crippen molar-refractivity contribution in [2.75, 3.05) is 7.11 Å². The molecular formula is C31H22N2O. The molecule has 0 aliphatic heterocycles. The van der Waals surface area contributed by atoms with E-state index in [1.54, 1.807) is 7.11 Å². The molecule has 0 bridgehead atoms. The Morgan fingerprint density at radius 1 is 0.471 bits per heavy atom. The van der Waals surface area contributed by atoms with E-state index in [-0.39, 0.29) is 0 Å². The zero-order chi connectivity index (χ0) is 22.6. The van der Waals surface area contributed by atoms with Crippen LogP contribution < -0.4 is 4.74 Å². The van der Waals surface area contributed by atoms with Crippen LogP contribution in [0.2, 0.25) is 0 Å². The fraction of sp³-hybridized carbons (Fsp3) is 0.0323. The number of hydrogen-bond acceptors (Lipinski definition) is 1. The molecule has 0 saturated heterocycles. The lowest BCUT2D eigenvalue weighted by Crippen LogP contribution is -1.98. The Bertz CT molecular complexity index is 1800. The maximum Gasteiger partial charge on any atom is 0.128 e. The zero-order valence-electron chi connectivity index (χ0n) is 18.8. The highest BCUT2D eigenvalue weighted by Gasteiger charge is 2.16. The molecule has 34 heavy (non-hydrogen) atoms. The molecule has 162 valence electrons. The first kappa shape index (κ1) is 19.0. The van der Waals surface area contributed by atoms with Gasteiger partial charge in [0, 0.05) is 32.9 Å². The molecule has 0 N–H and O–H groups in total. The van der Waals surface area contributed by atoms with Gasteiger partial charge in [0.2, 0.25) is 0 Å². The number of methoxy groups -OCH3 is 1. The summed E-state index contributed by atoms with van der Waals surface area (Å²) in [5.74, 6) is 0.894. The van der Waals surface area contributed by atoms with Crippen LogP contribution >= 0.6 is 0 Å². The predicted octanol–water partition coefficient (Wildman–Crippen LogP) is 7.89. The first-order valence-corrected chi connectivity index (χ1v) is 11.5. The Kier molecular flexibility index (Phi) is 4.06. The summed E-state index contributed by atoms with van der Waals surface area (Å²) >= 11 is 0. The van der Waals surface area contributed by atoms with Crippen molar-refractivity contribution >= 4 is 43.6 Å². The molecule has 2 heterocycles. The van der Waals surface area contributed by atoms with Crippen LogP contribution in [0.3, 0.4) is 0 Å². The van der Waals surface area contributed by atoms with E-state index in [1.807, 2.05) is 6.07 Å². The van der Waals surface area contributed by atoms with Crippen molar-refractivity contribution < 1.29 is 4.74 Å². The summed E-state index contributed by atoms with van der Waals surface area (Å²) < 4.78 is 10.4. The summed E-state index contributed by atoms with van der Waals surface area (Å²) in [5.41, 5.74) is 7.00. The van der Waals surface area contributed by atoms with Gasteiger partial charge in [0.1, 0.15) is 5.75 Å². The van der Waals surface area contributed by atoms with Crippen LogP contribution in [-0.2, 0) is 0 Å². The van der Waals surface area contributed by atoms with E-state index in [0.717, 1.165) is 28.0 Å². The molecule has 0 fully saturated rings. The molecule has 0 unspecified atom stereocenters. The van der Waals surface area contributed by atoms with E-state index in [4.69, 9.17) is 4.74 Å². The van der Waals surface area contributed by atoms with Gasteiger partial charge in [-0.1, -0.05) is 66.7 Å². The lowest BCUT2D eigenvalue weighted by atomic mass is 10.1. The van der Waals surface area contributed by atoms with E-state index in [9.17, 15) is 0 Å². The van der Waals surface area contributed by atoms with E-state index < -0.39 is 0 Å². The van der Waals surface area contributed by atoms with E-state index in [2.05, 4.69) is 118 Å². The second-order valence-electron chi connectivity index (χ2n) is 8.60. The molecule has 7 aromatic rings. The molecule has 3 heteroatoms. The molecule has 3 nitrogen and oxygen atoms in total. The highest BCUT2D eigenvalue weighted by Crippen LogP contribution is 2.38. The molecular weight excluding hydrogens is 416 g/mol. The van der Waals surface area contributed by atoms with E-state index >= 15 is 0 Å². The highest BCUT2D eigenvalue weighted by molar-refractivity contribution is 6.12. The van der Waals surface area contributed by atoms with Gasteiger partial charge in [0.05, 0.1) is 29.2 Å². The summed E-state index contributed by atoms with van der Waals surface area (Å²) in [4.78, 5) is 0. The van der Waals surface area contributed by atoms with Crippen LogP contribution in [0.15, 0.2) is 115 Å². The number of aromatic nitrogens is 2. The van der Waals surface area contributed by atoms with Gasteiger partial charge in [-0.2, -0.15) is 0 Å². The first-order valence-electron chi connectivity index (χ1n) is 11.5. The Balaban J connectivity index is 1.55. The van der Waals surface area contributed by atoms with Crippen LogP contribution in [0.25, 0.3) is 55.0 Å². The van der Waals surface area contributed by atoms with E-state index in [0.29, 0.717) is 0 Å². The Hall–Kier alpha value is -4.50. The number of nitrogens with zero attached hydrogens (tertiary/aromatic N) is 2. The molecule has 7 rings (SSSR count). The van der Waals surface area contributed by atoms with Gasteiger partial charge in [-0.15, -0.1) is 0 Å². The average molecular weight is 439 g/mol. The Morgan fingerprint density at radius 3 is 1.56 bits per heavy atom. The van der Waals surface area contributed by atoms with Gasteiger partial charge in [-0.05, 0) is 48.5 Å². The summed E-state index contributed by atoms with van der Waals surface area (Å²) in [5, 5.41) is 4.87. The van der Waals surface area contributed by atoms with Crippen molar-refractivity contribution in [1.29, 1.82) is 0 Å². The molecule has 0 radical (unpaired) electrons. The minimum Gasteiger partial charge on any atom is -0.496 e. The van der Waals surface area contributed by atoms with Crippen LogP contribution in [0.4, 0.5) is 0 Å². The summed E-state index contributed by atoms with van der Waals surface area (Å²) in [6.45, 7) is 0. The van der Waals surface area contributed by atoms with Gasteiger partial charge in [0.25, 0.3) is 0 Å². The third-order valence-corrected chi connectivity index (χ3v) is 6.81. The van der Waals surface area contributed by atoms with Crippen molar-refractivity contribution in [3.05, 3.63) is 115 Å². The number of benzene rings is 5. The number of hydrogen-bond donors (Lipinski definition) is 0. The van der Waals surface area contributed by atoms with Crippen molar-refractivity contribution in [2.24, 2.45) is 0 Å². The predicted molar refractivity (Wildman–Crippen MR) is 142 cm³/mol. The van der Waals surface area contributed by atoms with Gasteiger partial charge in [-0.25, -0.2) is 0 Å². The van der Waals surface area contributed by atoms with Crippen LogP contribution in [0, 0.1) is 0 Å². The maximum absolute atomic E-state index is 5.75.